The van der Waals surface area contributed by atoms with E-state index in [0.717, 1.165) is 9.13 Å². The summed E-state index contributed by atoms with van der Waals surface area (Å²) in [5.41, 5.74) is 4.08. The first kappa shape index (κ1) is 26.0. The Morgan fingerprint density at radius 2 is 1.79 bits per heavy atom. The topological polar surface area (TPSA) is 132 Å². The second-order valence-corrected chi connectivity index (χ2v) is 8.47. The lowest BCUT2D eigenvalue weighted by molar-refractivity contribution is 0.0473. The van der Waals surface area contributed by atoms with Gasteiger partial charge in [-0.25, -0.2) is 9.59 Å². The molecule has 1 heterocycles. The van der Waals surface area contributed by atoms with Gasteiger partial charge in [0.2, 0.25) is 5.78 Å². The van der Waals surface area contributed by atoms with Crippen LogP contribution in [0.25, 0.3) is 0 Å². The molecule has 0 fully saturated rings. The van der Waals surface area contributed by atoms with E-state index in [9.17, 15) is 19.2 Å². The first-order valence-corrected chi connectivity index (χ1v) is 10.6. The van der Waals surface area contributed by atoms with Crippen molar-refractivity contribution in [3.63, 3.8) is 0 Å². The van der Waals surface area contributed by atoms with E-state index in [4.69, 9.17) is 31.5 Å². The SMILES string of the molecule is COc1cc(C(=O)OCC(=O)c2c(N)n(CC(C)C)c(=O)n(C)c2=O)cc(Cl)c1OC(C)C. The van der Waals surface area contributed by atoms with Crippen molar-refractivity contribution in [3.8, 4) is 11.5 Å². The van der Waals surface area contributed by atoms with Gasteiger partial charge < -0.3 is 19.9 Å². The Hall–Kier alpha value is -3.27. The van der Waals surface area contributed by atoms with Crippen molar-refractivity contribution in [1.29, 1.82) is 0 Å². The molecule has 0 atom stereocenters. The molecule has 1 aromatic carbocycles. The Labute approximate surface area is 195 Å². The van der Waals surface area contributed by atoms with Crippen molar-refractivity contribution < 1.29 is 23.8 Å². The predicted octanol–water partition coefficient (Wildman–Crippen LogP) is 2.27. The van der Waals surface area contributed by atoms with Crippen LogP contribution in [0.15, 0.2) is 21.7 Å². The van der Waals surface area contributed by atoms with Crippen molar-refractivity contribution in [2.45, 2.75) is 40.3 Å². The number of rotatable bonds is 9. The molecule has 1 aromatic heterocycles. The molecule has 11 heteroatoms. The van der Waals surface area contributed by atoms with Gasteiger partial charge in [-0.15, -0.1) is 0 Å². The van der Waals surface area contributed by atoms with E-state index in [1.54, 1.807) is 0 Å². The number of halogens is 1. The standard InChI is InChI=1S/C22H28ClN3O7/c1-11(2)9-26-19(24)17(20(28)25(5)22(26)30)15(27)10-32-21(29)13-7-14(23)18(33-12(3)4)16(8-13)31-6/h7-8,11-12H,9-10,24H2,1-6H3. The predicted molar refractivity (Wildman–Crippen MR) is 124 cm³/mol. The molecule has 0 aliphatic heterocycles. The molecule has 0 aliphatic carbocycles. The van der Waals surface area contributed by atoms with Crippen molar-refractivity contribution in [2.24, 2.45) is 13.0 Å². The maximum Gasteiger partial charge on any atom is 0.338 e. The van der Waals surface area contributed by atoms with Gasteiger partial charge in [-0.2, -0.15) is 0 Å². The molecule has 33 heavy (non-hydrogen) atoms. The van der Waals surface area contributed by atoms with Crippen LogP contribution in [0.3, 0.4) is 0 Å². The summed E-state index contributed by atoms with van der Waals surface area (Å²) in [5.74, 6) is -1.45. The van der Waals surface area contributed by atoms with Crippen LogP contribution in [0.5, 0.6) is 11.5 Å². The molecule has 0 bridgehead atoms. The molecule has 0 unspecified atom stereocenters. The Bertz CT molecular complexity index is 1180. The van der Waals surface area contributed by atoms with Crippen molar-refractivity contribution in [1.82, 2.24) is 9.13 Å². The largest absolute Gasteiger partial charge is 0.493 e. The minimum absolute atomic E-state index is 0.0198. The first-order valence-electron chi connectivity index (χ1n) is 10.2. The minimum Gasteiger partial charge on any atom is -0.493 e. The van der Waals surface area contributed by atoms with E-state index in [2.05, 4.69) is 0 Å². The molecule has 0 radical (unpaired) electrons. The first-order chi connectivity index (χ1) is 15.4. The summed E-state index contributed by atoms with van der Waals surface area (Å²) in [4.78, 5) is 50.2. The number of aromatic nitrogens is 2. The number of esters is 1. The fourth-order valence-electron chi connectivity index (χ4n) is 3.06. The van der Waals surface area contributed by atoms with Crippen molar-refractivity contribution in [3.05, 3.63) is 49.1 Å². The van der Waals surface area contributed by atoms with E-state index in [-0.39, 0.29) is 46.5 Å². The Morgan fingerprint density at radius 3 is 2.33 bits per heavy atom. The van der Waals surface area contributed by atoms with E-state index in [0.29, 0.717) is 0 Å². The van der Waals surface area contributed by atoms with Gasteiger partial charge in [-0.05, 0) is 31.9 Å². The average molecular weight is 482 g/mol. The van der Waals surface area contributed by atoms with Crippen LogP contribution in [-0.4, -0.2) is 40.7 Å². The van der Waals surface area contributed by atoms with Crippen molar-refractivity contribution in [2.75, 3.05) is 19.5 Å². The number of carbonyl (C=O) groups excluding carboxylic acids is 2. The van der Waals surface area contributed by atoms with Gasteiger partial charge in [0.05, 0.1) is 23.8 Å². The van der Waals surface area contributed by atoms with Crippen molar-refractivity contribution >= 4 is 29.2 Å². The molecule has 0 saturated carbocycles. The highest BCUT2D eigenvalue weighted by atomic mass is 35.5. The lowest BCUT2D eigenvalue weighted by Crippen LogP contribution is -2.43. The minimum atomic E-state index is -0.870. The van der Waals surface area contributed by atoms with Crippen LogP contribution in [0, 0.1) is 5.92 Å². The van der Waals surface area contributed by atoms with Crippen LogP contribution < -0.4 is 26.5 Å². The molecule has 10 nitrogen and oxygen atoms in total. The molecule has 2 N–H and O–H groups in total. The fraction of sp³-hybridized carbons (Fsp3) is 0.455. The zero-order chi connectivity index (χ0) is 25.0. The summed E-state index contributed by atoms with van der Waals surface area (Å²) in [6, 6.07) is 2.69. The second-order valence-electron chi connectivity index (χ2n) is 8.07. The molecule has 0 saturated heterocycles. The van der Waals surface area contributed by atoms with Crippen LogP contribution >= 0.6 is 11.6 Å². The lowest BCUT2D eigenvalue weighted by atomic mass is 10.1. The smallest absolute Gasteiger partial charge is 0.338 e. The number of carbonyl (C=O) groups is 2. The maximum absolute atomic E-state index is 12.7. The van der Waals surface area contributed by atoms with E-state index in [1.165, 1.54) is 26.3 Å². The molecule has 0 spiro atoms. The van der Waals surface area contributed by atoms with Gasteiger partial charge in [0.1, 0.15) is 11.4 Å². The zero-order valence-electron chi connectivity index (χ0n) is 19.4. The molecule has 0 aliphatic rings. The normalized spacial score (nSPS) is 11.1. The highest BCUT2D eigenvalue weighted by Gasteiger charge is 2.24. The number of methoxy groups -OCH3 is 1. The highest BCUT2D eigenvalue weighted by Crippen LogP contribution is 2.37. The highest BCUT2D eigenvalue weighted by molar-refractivity contribution is 6.32. The molecule has 180 valence electrons. The Morgan fingerprint density at radius 1 is 1.15 bits per heavy atom. The van der Waals surface area contributed by atoms with Gasteiger partial charge in [0.25, 0.3) is 5.56 Å². The molecule has 2 aromatic rings. The summed E-state index contributed by atoms with van der Waals surface area (Å²) >= 11 is 6.22. The molecular weight excluding hydrogens is 454 g/mol. The number of nitrogen functional groups attached to an aromatic ring is 1. The van der Waals surface area contributed by atoms with Gasteiger partial charge in [0.15, 0.2) is 18.1 Å². The molecule has 2 rings (SSSR count). The number of benzene rings is 1. The second kappa shape index (κ2) is 10.6. The third kappa shape index (κ3) is 5.75. The Kier molecular flexibility index (Phi) is 8.32. The quantitative estimate of drug-likeness (QED) is 0.426. The number of hydrogen-bond acceptors (Lipinski definition) is 8. The Balaban J connectivity index is 2.31. The van der Waals surface area contributed by atoms with Crippen LogP contribution in [0.2, 0.25) is 5.02 Å². The van der Waals surface area contributed by atoms with Crippen LogP contribution in [-0.2, 0) is 18.3 Å². The zero-order valence-corrected chi connectivity index (χ0v) is 20.2. The number of hydrogen-bond donors (Lipinski definition) is 1. The van der Waals surface area contributed by atoms with Gasteiger partial charge in [-0.3, -0.25) is 18.7 Å². The van der Waals surface area contributed by atoms with Crippen LogP contribution in [0.1, 0.15) is 48.4 Å². The van der Waals surface area contributed by atoms with Gasteiger partial charge >= 0.3 is 11.7 Å². The molecule has 0 amide bonds. The number of nitrogens with two attached hydrogens (primary N) is 1. The van der Waals surface area contributed by atoms with E-state index in [1.807, 2.05) is 27.7 Å². The monoisotopic (exact) mass is 481 g/mol. The summed E-state index contributed by atoms with van der Waals surface area (Å²) in [7, 11) is 2.64. The summed E-state index contributed by atoms with van der Waals surface area (Å²) in [5, 5.41) is 0.125. The summed E-state index contributed by atoms with van der Waals surface area (Å²) in [6.45, 7) is 6.78. The molecular formula is C22H28ClN3O7. The summed E-state index contributed by atoms with van der Waals surface area (Å²) < 4.78 is 17.9. The van der Waals surface area contributed by atoms with E-state index < -0.39 is 35.2 Å². The van der Waals surface area contributed by atoms with Gasteiger partial charge in [0, 0.05) is 13.6 Å². The average Bonchev–Trinajstić information content (AvgIpc) is 2.74. The number of Topliss-reactive ketones (excluding diaryl/α,β-unsaturated/α-hetero) is 1. The summed E-state index contributed by atoms with van der Waals surface area (Å²) in [6.07, 6.45) is -0.182. The van der Waals surface area contributed by atoms with Crippen LogP contribution in [0.4, 0.5) is 5.82 Å². The number of anilines is 1. The van der Waals surface area contributed by atoms with E-state index >= 15 is 0 Å². The maximum atomic E-state index is 12.7. The lowest BCUT2D eigenvalue weighted by Gasteiger charge is -2.17. The third-order valence-corrected chi connectivity index (χ3v) is 4.84. The third-order valence-electron chi connectivity index (χ3n) is 4.56. The number of ketones is 1. The number of nitrogens with zero attached hydrogens (tertiary/aromatic N) is 2. The van der Waals surface area contributed by atoms with Gasteiger partial charge in [-0.1, -0.05) is 25.4 Å². The fourth-order valence-corrected chi connectivity index (χ4v) is 3.32. The number of ether oxygens (including phenoxy) is 3.